The van der Waals surface area contributed by atoms with Gasteiger partial charge in [-0.2, -0.15) is 5.10 Å². The fourth-order valence-corrected chi connectivity index (χ4v) is 0.768. The van der Waals surface area contributed by atoms with Crippen LogP contribution in [0.1, 0.15) is 34.1 Å². The number of allylic oxidation sites excluding steroid dienone is 6. The highest BCUT2D eigenvalue weighted by Gasteiger charge is 1.92. The average Bonchev–Trinajstić information content (AvgIpc) is 2.31. The summed E-state index contributed by atoms with van der Waals surface area (Å²) in [6.07, 6.45) is 10.4. The number of hydrogen-bond acceptors (Lipinski definition) is 2. The van der Waals surface area contributed by atoms with Gasteiger partial charge in [0.1, 0.15) is 0 Å². The molecule has 2 heteroatoms. The summed E-state index contributed by atoms with van der Waals surface area (Å²) in [5, 5.41) is 6.02. The maximum Gasteiger partial charge on any atom is 0.0543 e. The third kappa shape index (κ3) is 10.7. The van der Waals surface area contributed by atoms with Crippen LogP contribution in [0, 0.1) is 0 Å². The van der Waals surface area contributed by atoms with Gasteiger partial charge in [-0.25, -0.2) is 0 Å². The molecule has 0 saturated heterocycles. The van der Waals surface area contributed by atoms with E-state index in [0.29, 0.717) is 0 Å². The Balaban J connectivity index is 0. The van der Waals surface area contributed by atoms with Crippen LogP contribution < -0.4 is 0 Å². The van der Waals surface area contributed by atoms with Gasteiger partial charge in [-0.1, -0.05) is 51.7 Å². The van der Waals surface area contributed by atoms with Crippen molar-refractivity contribution in [1.82, 2.24) is 5.01 Å². The van der Waals surface area contributed by atoms with Crippen LogP contribution in [0.3, 0.4) is 0 Å². The van der Waals surface area contributed by atoms with Crippen molar-refractivity contribution < 1.29 is 0 Å². The summed E-state index contributed by atoms with van der Waals surface area (Å²) in [7, 11) is 1.89. The smallest absolute Gasteiger partial charge is 0.0543 e. The van der Waals surface area contributed by atoms with E-state index >= 15 is 0 Å². The Morgan fingerprint density at radius 1 is 1.29 bits per heavy atom. The maximum absolute atomic E-state index is 4.24. The van der Waals surface area contributed by atoms with Crippen LogP contribution in [-0.4, -0.2) is 18.3 Å². The molecule has 0 aliphatic carbocycles. The zero-order valence-corrected chi connectivity index (χ0v) is 11.9. The molecule has 0 heterocycles. The van der Waals surface area contributed by atoms with Gasteiger partial charge in [-0.15, -0.1) is 0 Å². The van der Waals surface area contributed by atoms with E-state index < -0.39 is 0 Å². The molecule has 0 saturated carbocycles. The molecule has 0 amide bonds. The number of nitrogens with zero attached hydrogens (tertiary/aromatic N) is 2. The summed E-state index contributed by atoms with van der Waals surface area (Å²) in [4.78, 5) is 0. The van der Waals surface area contributed by atoms with Gasteiger partial charge in [0.2, 0.25) is 0 Å². The average molecular weight is 234 g/mol. The second-order valence-electron chi connectivity index (χ2n) is 3.51. The highest BCUT2D eigenvalue weighted by molar-refractivity contribution is 5.81. The number of hydrogen-bond donors (Lipinski definition) is 0. The molecule has 0 aliphatic rings. The van der Waals surface area contributed by atoms with Crippen LogP contribution in [0.25, 0.3) is 0 Å². The molecule has 0 fully saturated rings. The van der Waals surface area contributed by atoms with Gasteiger partial charge in [-0.3, -0.25) is 5.01 Å². The summed E-state index contributed by atoms with van der Waals surface area (Å²) < 4.78 is 0. The second kappa shape index (κ2) is 12.5. The van der Waals surface area contributed by atoms with Gasteiger partial charge < -0.3 is 0 Å². The van der Waals surface area contributed by atoms with Gasteiger partial charge in [0, 0.05) is 12.7 Å². The minimum atomic E-state index is 1.00. The normalized spacial score (nSPS) is 11.8. The van der Waals surface area contributed by atoms with E-state index in [-0.39, 0.29) is 0 Å². The highest BCUT2D eigenvalue weighted by Crippen LogP contribution is 2.01. The standard InChI is InChI=1S/C12H18N2.C3H8/c1-6-9-11(4)14(5)13-10-12(7-2)8-3;1-3-2/h6-10H,1-2H2,3-5H3;3H2,1-2H3/b11-9+,12-8+,13-10+;. The quantitative estimate of drug-likeness (QED) is 0.387. The van der Waals surface area contributed by atoms with E-state index in [2.05, 4.69) is 32.1 Å². The van der Waals surface area contributed by atoms with Crippen molar-refractivity contribution in [2.24, 2.45) is 5.10 Å². The Bertz CT molecular complexity index is 296. The fourth-order valence-electron chi connectivity index (χ4n) is 0.768. The number of hydrazone groups is 1. The van der Waals surface area contributed by atoms with Crippen molar-refractivity contribution in [1.29, 1.82) is 0 Å². The van der Waals surface area contributed by atoms with Crippen molar-refractivity contribution in [3.8, 4) is 0 Å². The molecule has 0 aromatic heterocycles. The molecule has 96 valence electrons. The zero-order valence-electron chi connectivity index (χ0n) is 11.9. The highest BCUT2D eigenvalue weighted by atomic mass is 15.4. The van der Waals surface area contributed by atoms with Crippen molar-refractivity contribution in [3.05, 3.63) is 48.7 Å². The van der Waals surface area contributed by atoms with Crippen LogP contribution in [0.15, 0.2) is 53.8 Å². The lowest BCUT2D eigenvalue weighted by atomic mass is 10.3. The van der Waals surface area contributed by atoms with Crippen LogP contribution in [0.2, 0.25) is 0 Å². The van der Waals surface area contributed by atoms with E-state index in [4.69, 9.17) is 0 Å². The molecule has 0 atom stereocenters. The number of rotatable bonds is 5. The van der Waals surface area contributed by atoms with Gasteiger partial charge in [0.05, 0.1) is 6.21 Å². The van der Waals surface area contributed by atoms with E-state index in [1.165, 1.54) is 6.42 Å². The third-order valence-corrected chi connectivity index (χ3v) is 1.82. The monoisotopic (exact) mass is 234 g/mol. The van der Waals surface area contributed by atoms with E-state index in [1.54, 1.807) is 23.4 Å². The Labute approximate surface area is 107 Å². The van der Waals surface area contributed by atoms with E-state index in [9.17, 15) is 0 Å². The first-order valence-electron chi connectivity index (χ1n) is 5.93. The van der Waals surface area contributed by atoms with Crippen LogP contribution in [0.5, 0.6) is 0 Å². The predicted molar refractivity (Wildman–Crippen MR) is 80.1 cm³/mol. The topological polar surface area (TPSA) is 15.6 Å². The lowest BCUT2D eigenvalue weighted by molar-refractivity contribution is 0.450. The van der Waals surface area contributed by atoms with Crippen molar-refractivity contribution in [2.75, 3.05) is 7.05 Å². The SMILES string of the molecule is C=C/C=C(\C)N(C)/N=C/C(C=C)=C/C.CCC. The van der Waals surface area contributed by atoms with Crippen LogP contribution >= 0.6 is 0 Å². The minimum absolute atomic E-state index is 1.00. The zero-order chi connectivity index (χ0) is 13.7. The van der Waals surface area contributed by atoms with Crippen LogP contribution in [0.4, 0.5) is 0 Å². The first-order chi connectivity index (χ1) is 8.06. The molecular formula is C15H26N2. The molecule has 0 radical (unpaired) electrons. The summed E-state index contributed by atoms with van der Waals surface area (Å²) in [6.45, 7) is 15.5. The molecule has 0 rings (SSSR count). The Morgan fingerprint density at radius 3 is 2.18 bits per heavy atom. The summed E-state index contributed by atoms with van der Waals surface area (Å²) in [5.74, 6) is 0. The lowest BCUT2D eigenvalue weighted by Gasteiger charge is -2.12. The fraction of sp³-hybridized carbons (Fsp3) is 0.400. The first-order valence-corrected chi connectivity index (χ1v) is 5.93. The summed E-state index contributed by atoms with van der Waals surface area (Å²) in [6, 6.07) is 0. The molecular weight excluding hydrogens is 208 g/mol. The van der Waals surface area contributed by atoms with Crippen LogP contribution in [-0.2, 0) is 0 Å². The largest absolute Gasteiger partial charge is 0.273 e. The Morgan fingerprint density at radius 2 is 1.82 bits per heavy atom. The van der Waals surface area contributed by atoms with E-state index in [1.807, 2.05) is 33.0 Å². The third-order valence-electron chi connectivity index (χ3n) is 1.82. The lowest BCUT2D eigenvalue weighted by Crippen LogP contribution is -2.07. The second-order valence-corrected chi connectivity index (χ2v) is 3.51. The molecule has 0 aliphatic heterocycles. The molecule has 0 N–H and O–H groups in total. The molecule has 0 unspecified atom stereocenters. The van der Waals surface area contributed by atoms with Gasteiger partial charge in [0.15, 0.2) is 0 Å². The Hall–Kier alpha value is -1.57. The maximum atomic E-state index is 4.24. The minimum Gasteiger partial charge on any atom is -0.273 e. The molecule has 0 bridgehead atoms. The summed E-state index contributed by atoms with van der Waals surface area (Å²) >= 11 is 0. The van der Waals surface area contributed by atoms with Crippen molar-refractivity contribution >= 4 is 6.21 Å². The molecule has 0 aromatic rings. The van der Waals surface area contributed by atoms with Gasteiger partial charge in [-0.05, 0) is 25.5 Å². The summed E-state index contributed by atoms with van der Waals surface area (Å²) in [5.41, 5.74) is 2.04. The van der Waals surface area contributed by atoms with Crippen molar-refractivity contribution in [3.63, 3.8) is 0 Å². The first kappa shape index (κ1) is 17.8. The van der Waals surface area contributed by atoms with Gasteiger partial charge in [0.25, 0.3) is 0 Å². The van der Waals surface area contributed by atoms with Gasteiger partial charge >= 0.3 is 0 Å². The van der Waals surface area contributed by atoms with Crippen molar-refractivity contribution in [2.45, 2.75) is 34.1 Å². The molecule has 2 nitrogen and oxygen atoms in total. The van der Waals surface area contributed by atoms with E-state index in [0.717, 1.165) is 11.3 Å². The molecule has 17 heavy (non-hydrogen) atoms. The molecule has 0 aromatic carbocycles. The Kier molecular flexibility index (Phi) is 13.1. The predicted octanol–water partition coefficient (Wildman–Crippen LogP) is 4.54. The molecule has 0 spiro atoms.